The predicted molar refractivity (Wildman–Crippen MR) is 136 cm³/mol. The number of carbonyl (C=O) groups is 3. The number of rotatable bonds is 22. The molecule has 0 saturated heterocycles. The van der Waals surface area contributed by atoms with E-state index in [2.05, 4.69) is 13.8 Å². The lowest BCUT2D eigenvalue weighted by Gasteiger charge is -2.28. The highest BCUT2D eigenvalue weighted by atomic mass is 16.5. The van der Waals surface area contributed by atoms with Crippen LogP contribution in [-0.4, -0.2) is 42.4 Å². The quantitative estimate of drug-likeness (QED) is 0.149. The first-order chi connectivity index (χ1) is 16.0. The van der Waals surface area contributed by atoms with Crippen LogP contribution in [0.2, 0.25) is 0 Å². The molecule has 6 nitrogen and oxygen atoms in total. The maximum atomic E-state index is 13.1. The first kappa shape index (κ1) is 31.6. The molecule has 0 heterocycles. The van der Waals surface area contributed by atoms with E-state index in [0.29, 0.717) is 32.2 Å². The summed E-state index contributed by atoms with van der Waals surface area (Å²) < 4.78 is 4.96. The van der Waals surface area contributed by atoms with Crippen molar-refractivity contribution in [3.63, 3.8) is 0 Å². The van der Waals surface area contributed by atoms with Crippen LogP contribution < -0.4 is 5.73 Å². The Bertz CT molecular complexity index is 510. The second-order valence-corrected chi connectivity index (χ2v) is 9.22. The van der Waals surface area contributed by atoms with Gasteiger partial charge in [0.15, 0.2) is 0 Å². The van der Waals surface area contributed by atoms with Crippen molar-refractivity contribution in [1.82, 2.24) is 4.90 Å². The first-order valence-corrected chi connectivity index (χ1v) is 13.7. The summed E-state index contributed by atoms with van der Waals surface area (Å²) in [5, 5.41) is 0. The van der Waals surface area contributed by atoms with Crippen molar-refractivity contribution in [2.24, 2.45) is 5.73 Å². The van der Waals surface area contributed by atoms with E-state index in [1.807, 2.05) is 0 Å². The molecule has 0 aromatic rings. The number of ether oxygens (including phenoxy) is 1. The number of imide groups is 1. The summed E-state index contributed by atoms with van der Waals surface area (Å²) in [7, 11) is 1.32. The highest BCUT2D eigenvalue weighted by Crippen LogP contribution is 2.18. The van der Waals surface area contributed by atoms with Crippen LogP contribution in [0.15, 0.2) is 0 Å². The van der Waals surface area contributed by atoms with Gasteiger partial charge in [0.1, 0.15) is 6.04 Å². The lowest BCUT2D eigenvalue weighted by Crippen LogP contribution is -2.49. The highest BCUT2D eigenvalue weighted by molar-refractivity contribution is 5.99. The summed E-state index contributed by atoms with van der Waals surface area (Å²) in [5.41, 5.74) is 5.60. The molecule has 0 rings (SSSR count). The van der Waals surface area contributed by atoms with Gasteiger partial charge in [-0.2, -0.15) is 0 Å². The van der Waals surface area contributed by atoms with Crippen molar-refractivity contribution >= 4 is 17.8 Å². The third kappa shape index (κ3) is 15.9. The van der Waals surface area contributed by atoms with Crippen LogP contribution in [0.3, 0.4) is 0 Å². The Morgan fingerprint density at radius 2 is 1.09 bits per heavy atom. The minimum absolute atomic E-state index is 0.236. The molecule has 0 aliphatic rings. The number of amides is 2. The van der Waals surface area contributed by atoms with E-state index < -0.39 is 12.0 Å². The van der Waals surface area contributed by atoms with Gasteiger partial charge in [-0.05, 0) is 38.6 Å². The fourth-order valence-electron chi connectivity index (χ4n) is 4.16. The van der Waals surface area contributed by atoms with Crippen molar-refractivity contribution < 1.29 is 19.1 Å². The minimum atomic E-state index is -0.837. The Hall–Kier alpha value is -1.43. The molecular weight excluding hydrogens is 416 g/mol. The van der Waals surface area contributed by atoms with Gasteiger partial charge in [-0.15, -0.1) is 0 Å². The van der Waals surface area contributed by atoms with Gasteiger partial charge in [-0.3, -0.25) is 14.5 Å². The number of hydrogen-bond acceptors (Lipinski definition) is 5. The Labute approximate surface area is 203 Å². The van der Waals surface area contributed by atoms with Crippen LogP contribution in [0.25, 0.3) is 0 Å². The minimum Gasteiger partial charge on any atom is -0.467 e. The first-order valence-electron chi connectivity index (χ1n) is 13.7. The molecule has 0 bridgehead atoms. The van der Waals surface area contributed by atoms with Gasteiger partial charge in [0, 0.05) is 12.8 Å². The molecule has 0 saturated carbocycles. The normalized spacial score (nSPS) is 11.9. The van der Waals surface area contributed by atoms with Crippen LogP contribution in [0, 0.1) is 0 Å². The van der Waals surface area contributed by atoms with E-state index in [1.165, 1.54) is 50.5 Å². The van der Waals surface area contributed by atoms with Gasteiger partial charge in [-0.1, -0.05) is 90.9 Å². The number of unbranched alkanes of at least 4 members (excludes halogenated alkanes) is 13. The predicted octanol–water partition coefficient (Wildman–Crippen LogP) is 6.29. The van der Waals surface area contributed by atoms with Crippen LogP contribution in [0.5, 0.6) is 0 Å². The maximum Gasteiger partial charge on any atom is 0.329 e. The molecule has 2 N–H and O–H groups in total. The zero-order valence-corrected chi connectivity index (χ0v) is 21.9. The van der Waals surface area contributed by atoms with Gasteiger partial charge in [0.05, 0.1) is 7.11 Å². The summed E-state index contributed by atoms with van der Waals surface area (Å²) in [6, 6.07) is -0.837. The molecule has 0 radical (unpaired) electrons. The molecule has 194 valence electrons. The van der Waals surface area contributed by atoms with Gasteiger partial charge < -0.3 is 10.5 Å². The maximum absolute atomic E-state index is 13.1. The molecule has 0 aromatic carbocycles. The molecule has 33 heavy (non-hydrogen) atoms. The van der Waals surface area contributed by atoms with E-state index >= 15 is 0 Å². The molecule has 0 fully saturated rings. The van der Waals surface area contributed by atoms with Crippen LogP contribution >= 0.6 is 0 Å². The molecule has 2 amide bonds. The lowest BCUT2D eigenvalue weighted by atomic mass is 10.0. The Morgan fingerprint density at radius 3 is 1.48 bits per heavy atom. The lowest BCUT2D eigenvalue weighted by molar-refractivity contribution is -0.160. The Kier molecular flexibility index (Phi) is 21.4. The zero-order chi connectivity index (χ0) is 24.7. The number of hydrogen-bond donors (Lipinski definition) is 1. The molecule has 6 heteroatoms. The molecule has 1 atom stereocenters. The standard InChI is InChI=1S/C27H52N2O4/c1-4-6-8-10-11-12-13-15-17-22-26(31)29(25(30)21-16-14-9-7-5-2)24(27(32)33-3)20-18-19-23-28/h24H,4-23,28H2,1-3H3. The number of methoxy groups -OCH3 is 1. The van der Waals surface area contributed by atoms with E-state index in [1.54, 1.807) is 0 Å². The van der Waals surface area contributed by atoms with Gasteiger partial charge >= 0.3 is 5.97 Å². The summed E-state index contributed by atoms with van der Waals surface area (Å²) in [5.74, 6) is -0.984. The Balaban J connectivity index is 4.83. The molecule has 0 aromatic heterocycles. The van der Waals surface area contributed by atoms with Crippen LogP contribution in [0.1, 0.15) is 136 Å². The van der Waals surface area contributed by atoms with Gasteiger partial charge in [-0.25, -0.2) is 4.79 Å². The average Bonchev–Trinajstić information content (AvgIpc) is 2.81. The molecule has 0 spiro atoms. The molecule has 1 unspecified atom stereocenters. The molecule has 0 aliphatic heterocycles. The summed E-state index contributed by atoms with van der Waals surface area (Å²) >= 11 is 0. The number of nitrogens with zero attached hydrogens (tertiary/aromatic N) is 1. The second kappa shape index (κ2) is 22.4. The number of carbonyl (C=O) groups excluding carboxylic acids is 3. The Morgan fingerprint density at radius 1 is 0.667 bits per heavy atom. The topological polar surface area (TPSA) is 89.7 Å². The summed E-state index contributed by atoms with van der Waals surface area (Å²) in [6.45, 7) is 4.90. The van der Waals surface area contributed by atoms with Gasteiger partial charge in [0.2, 0.25) is 11.8 Å². The highest BCUT2D eigenvalue weighted by Gasteiger charge is 2.34. The van der Waals surface area contributed by atoms with Gasteiger partial charge in [0.25, 0.3) is 0 Å². The molecule has 0 aliphatic carbocycles. The fraction of sp³-hybridized carbons (Fsp3) is 0.889. The largest absolute Gasteiger partial charge is 0.467 e. The second-order valence-electron chi connectivity index (χ2n) is 9.22. The molecular formula is C27H52N2O4. The van der Waals surface area contributed by atoms with E-state index in [4.69, 9.17) is 10.5 Å². The SMILES string of the molecule is CCCCCCCCCCCC(=O)N(C(=O)CCCCCCC)C(CCCCN)C(=O)OC. The smallest absolute Gasteiger partial charge is 0.329 e. The summed E-state index contributed by atoms with van der Waals surface area (Å²) in [6.07, 6.45) is 18.0. The third-order valence-corrected chi connectivity index (χ3v) is 6.24. The third-order valence-electron chi connectivity index (χ3n) is 6.24. The fourth-order valence-corrected chi connectivity index (χ4v) is 4.16. The van der Waals surface area contributed by atoms with Crippen molar-refractivity contribution in [2.75, 3.05) is 13.7 Å². The van der Waals surface area contributed by atoms with E-state index in [0.717, 1.165) is 57.8 Å². The van der Waals surface area contributed by atoms with Crippen LogP contribution in [0.4, 0.5) is 0 Å². The monoisotopic (exact) mass is 468 g/mol. The van der Waals surface area contributed by atoms with E-state index in [-0.39, 0.29) is 11.8 Å². The number of esters is 1. The summed E-state index contributed by atoms with van der Waals surface area (Å²) in [4.78, 5) is 39.9. The van der Waals surface area contributed by atoms with Crippen molar-refractivity contribution in [1.29, 1.82) is 0 Å². The van der Waals surface area contributed by atoms with Crippen molar-refractivity contribution in [3.05, 3.63) is 0 Å². The number of nitrogens with two attached hydrogens (primary N) is 1. The van der Waals surface area contributed by atoms with Crippen LogP contribution in [-0.2, 0) is 19.1 Å². The van der Waals surface area contributed by atoms with Crippen molar-refractivity contribution in [2.45, 2.75) is 142 Å². The zero-order valence-electron chi connectivity index (χ0n) is 21.9. The van der Waals surface area contributed by atoms with Crippen molar-refractivity contribution in [3.8, 4) is 0 Å². The average molecular weight is 469 g/mol. The van der Waals surface area contributed by atoms with E-state index in [9.17, 15) is 14.4 Å².